The van der Waals surface area contributed by atoms with E-state index in [0.29, 0.717) is 17.6 Å². The summed E-state index contributed by atoms with van der Waals surface area (Å²) in [5.41, 5.74) is 0.586. The number of hydrogen-bond acceptors (Lipinski definition) is 6. The Kier molecular flexibility index (Phi) is 5.19. The van der Waals surface area contributed by atoms with Gasteiger partial charge in [0.2, 0.25) is 0 Å². The van der Waals surface area contributed by atoms with Crippen molar-refractivity contribution < 1.29 is 26.7 Å². The van der Waals surface area contributed by atoms with E-state index in [1.165, 1.54) is 0 Å². The molecule has 0 amide bonds. The smallest absolute Gasteiger partial charge is 0.397 e. The lowest BCUT2D eigenvalue weighted by Gasteiger charge is -2.30. The van der Waals surface area contributed by atoms with E-state index in [-0.39, 0.29) is 6.10 Å². The van der Waals surface area contributed by atoms with Crippen molar-refractivity contribution >= 4 is 16.4 Å². The van der Waals surface area contributed by atoms with Crippen molar-refractivity contribution in [3.8, 4) is 0 Å². The Morgan fingerprint density at radius 2 is 1.83 bits per heavy atom. The maximum atomic E-state index is 12.6. The number of rotatable bonds is 6. The highest BCUT2D eigenvalue weighted by Crippen LogP contribution is 2.30. The van der Waals surface area contributed by atoms with Crippen LogP contribution in [0.2, 0.25) is 0 Å². The summed E-state index contributed by atoms with van der Waals surface area (Å²) >= 11 is 0. The van der Waals surface area contributed by atoms with Crippen LogP contribution in [0.3, 0.4) is 0 Å². The van der Waals surface area contributed by atoms with E-state index in [9.17, 15) is 13.2 Å². The normalized spacial score (nSPS) is 27.6. The minimum atomic E-state index is -4.62. The van der Waals surface area contributed by atoms with Crippen LogP contribution in [0.5, 0.6) is 0 Å². The molecule has 0 saturated carbocycles. The van der Waals surface area contributed by atoms with Gasteiger partial charge >= 0.3 is 16.4 Å². The summed E-state index contributed by atoms with van der Waals surface area (Å²) in [6, 6.07) is 9.44. The third kappa shape index (κ3) is 4.54. The number of fused-ring (bicyclic) bond motifs is 2. The van der Waals surface area contributed by atoms with Gasteiger partial charge in [-0.1, -0.05) is 30.3 Å². The van der Waals surface area contributed by atoms with Crippen LogP contribution in [0.1, 0.15) is 37.2 Å². The predicted octanol–water partition coefficient (Wildman–Crippen LogP) is 1.42. The lowest BCUT2D eigenvalue weighted by molar-refractivity contribution is -0.153. The molecule has 2 N–H and O–H groups in total. The Balaban J connectivity index is 1.68. The van der Waals surface area contributed by atoms with E-state index >= 15 is 0 Å². The number of hydrogen-bond donors (Lipinski definition) is 2. The summed E-state index contributed by atoms with van der Waals surface area (Å²) in [6.45, 7) is -0.487. The highest BCUT2D eigenvalue weighted by molar-refractivity contribution is 7.80. The second-order valence-electron chi connectivity index (χ2n) is 6.34. The Hall–Kier alpha value is -1.48. The van der Waals surface area contributed by atoms with E-state index < -0.39 is 28.9 Å². The molecular formula is C16H21NO6S. The van der Waals surface area contributed by atoms with Gasteiger partial charge in [-0.05, 0) is 31.2 Å². The van der Waals surface area contributed by atoms with Crippen molar-refractivity contribution in [2.24, 2.45) is 0 Å². The summed E-state index contributed by atoms with van der Waals surface area (Å²) in [4.78, 5) is 12.6. The molecule has 2 heterocycles. The fourth-order valence-electron chi connectivity index (χ4n) is 3.49. The zero-order valence-corrected chi connectivity index (χ0v) is 13.9. The molecule has 0 spiro atoms. The first-order valence-electron chi connectivity index (χ1n) is 8.04. The van der Waals surface area contributed by atoms with Crippen LogP contribution in [0, 0.1) is 0 Å². The molecule has 2 aliphatic rings. The molecule has 24 heavy (non-hydrogen) atoms. The molecule has 2 fully saturated rings. The monoisotopic (exact) mass is 355 g/mol. The van der Waals surface area contributed by atoms with Gasteiger partial charge < -0.3 is 10.1 Å². The standard InChI is InChI=1S/C16H21NO6S/c18-16(23-14-8-12-6-7-13(9-14)17-12)15(10-22-24(19,20)21)11-4-2-1-3-5-11/h1-5,12-15,17H,6-10H2,(H,19,20,21)/t12-,13+,14?,15?. The van der Waals surface area contributed by atoms with Crippen molar-refractivity contribution in [3.05, 3.63) is 35.9 Å². The lowest BCUT2D eigenvalue weighted by Crippen LogP contribution is -2.42. The zero-order chi connectivity index (χ0) is 17.2. The number of carbonyl (C=O) groups is 1. The second kappa shape index (κ2) is 7.18. The number of piperidine rings is 1. The molecule has 2 bridgehead atoms. The molecule has 4 atom stereocenters. The molecular weight excluding hydrogens is 334 g/mol. The average molecular weight is 355 g/mol. The molecule has 1 aromatic rings. The summed E-state index contributed by atoms with van der Waals surface area (Å²) in [6.07, 6.45) is 3.54. The first kappa shape index (κ1) is 17.3. The van der Waals surface area contributed by atoms with E-state index in [4.69, 9.17) is 9.29 Å². The van der Waals surface area contributed by atoms with Gasteiger partial charge in [0.25, 0.3) is 0 Å². The summed E-state index contributed by atoms with van der Waals surface area (Å²) in [5, 5.41) is 3.47. The zero-order valence-electron chi connectivity index (χ0n) is 13.1. The van der Waals surface area contributed by atoms with Gasteiger partial charge in [0.15, 0.2) is 0 Å². The minimum Gasteiger partial charge on any atom is -0.462 e. The number of ether oxygens (including phenoxy) is 1. The molecule has 132 valence electrons. The van der Waals surface area contributed by atoms with Crippen LogP contribution < -0.4 is 5.32 Å². The lowest BCUT2D eigenvalue weighted by atomic mass is 9.99. The van der Waals surface area contributed by atoms with E-state index in [1.54, 1.807) is 30.3 Å². The van der Waals surface area contributed by atoms with E-state index in [2.05, 4.69) is 9.50 Å². The quantitative estimate of drug-likeness (QED) is 0.588. The molecule has 3 rings (SSSR count). The summed E-state index contributed by atoms with van der Waals surface area (Å²) in [5.74, 6) is -1.43. The molecule has 7 nitrogen and oxygen atoms in total. The molecule has 2 aliphatic heterocycles. The van der Waals surface area contributed by atoms with Crippen molar-refractivity contribution in [3.63, 3.8) is 0 Å². The maximum absolute atomic E-state index is 12.6. The Labute approximate surface area is 141 Å². The first-order chi connectivity index (χ1) is 11.4. The molecule has 2 saturated heterocycles. The van der Waals surface area contributed by atoms with Crippen LogP contribution in [0.15, 0.2) is 30.3 Å². The van der Waals surface area contributed by atoms with Crippen LogP contribution in [0.25, 0.3) is 0 Å². The Morgan fingerprint density at radius 1 is 1.21 bits per heavy atom. The molecule has 0 radical (unpaired) electrons. The summed E-state index contributed by atoms with van der Waals surface area (Å²) in [7, 11) is -4.62. The van der Waals surface area contributed by atoms with Crippen LogP contribution in [0.4, 0.5) is 0 Å². The minimum absolute atomic E-state index is 0.173. The largest absolute Gasteiger partial charge is 0.462 e. The molecule has 0 aromatic heterocycles. The molecule has 8 heteroatoms. The van der Waals surface area contributed by atoms with E-state index in [0.717, 1.165) is 25.7 Å². The average Bonchev–Trinajstić information content (AvgIpc) is 2.86. The van der Waals surface area contributed by atoms with Gasteiger partial charge in [0.05, 0.1) is 6.61 Å². The molecule has 1 aromatic carbocycles. The van der Waals surface area contributed by atoms with Crippen LogP contribution >= 0.6 is 0 Å². The van der Waals surface area contributed by atoms with Gasteiger partial charge in [-0.2, -0.15) is 8.42 Å². The van der Waals surface area contributed by atoms with Gasteiger partial charge in [0.1, 0.15) is 12.0 Å². The molecule has 0 aliphatic carbocycles. The highest BCUT2D eigenvalue weighted by atomic mass is 32.3. The van der Waals surface area contributed by atoms with Crippen molar-refractivity contribution in [2.45, 2.75) is 49.8 Å². The Bertz CT molecular complexity index is 665. The third-order valence-electron chi connectivity index (χ3n) is 4.58. The predicted molar refractivity (Wildman–Crippen MR) is 85.7 cm³/mol. The highest BCUT2D eigenvalue weighted by Gasteiger charge is 2.36. The fourth-order valence-corrected chi connectivity index (χ4v) is 3.80. The fraction of sp³-hybridized carbons (Fsp3) is 0.562. The van der Waals surface area contributed by atoms with Crippen molar-refractivity contribution in [1.82, 2.24) is 5.32 Å². The van der Waals surface area contributed by atoms with Gasteiger partial charge in [-0.25, -0.2) is 4.18 Å². The number of benzene rings is 1. The second-order valence-corrected chi connectivity index (χ2v) is 7.43. The maximum Gasteiger partial charge on any atom is 0.397 e. The number of carbonyl (C=O) groups excluding carboxylic acids is 1. The first-order valence-corrected chi connectivity index (χ1v) is 9.40. The van der Waals surface area contributed by atoms with Gasteiger partial charge in [-0.15, -0.1) is 0 Å². The topological polar surface area (TPSA) is 102 Å². The van der Waals surface area contributed by atoms with Crippen LogP contribution in [-0.2, 0) is 24.1 Å². The molecule has 2 unspecified atom stereocenters. The third-order valence-corrected chi connectivity index (χ3v) is 5.02. The number of nitrogens with one attached hydrogen (secondary N) is 1. The Morgan fingerprint density at radius 3 is 2.42 bits per heavy atom. The van der Waals surface area contributed by atoms with Gasteiger partial charge in [-0.3, -0.25) is 9.35 Å². The van der Waals surface area contributed by atoms with Crippen molar-refractivity contribution in [1.29, 1.82) is 0 Å². The SMILES string of the molecule is O=C(OC1C[C@H]2CC[C@@H](C1)N2)C(COS(=O)(=O)O)c1ccccc1. The number of esters is 1. The van der Waals surface area contributed by atoms with Crippen molar-refractivity contribution in [2.75, 3.05) is 6.61 Å². The van der Waals surface area contributed by atoms with Gasteiger partial charge in [0, 0.05) is 12.1 Å². The van der Waals surface area contributed by atoms with Crippen LogP contribution in [-0.4, -0.2) is 43.7 Å². The summed E-state index contributed by atoms with van der Waals surface area (Å²) < 4.78 is 40.5. The van der Waals surface area contributed by atoms with E-state index in [1.807, 2.05) is 0 Å².